The molecule has 0 radical (unpaired) electrons. The highest BCUT2D eigenvalue weighted by Gasteiger charge is 2.43. The Hall–Kier alpha value is -3.07. The number of nitrogens with zero attached hydrogens (tertiary/aromatic N) is 2. The van der Waals surface area contributed by atoms with Crippen LogP contribution < -0.4 is 11.1 Å². The van der Waals surface area contributed by atoms with Gasteiger partial charge in [-0.05, 0) is 48.1 Å². The number of aryl methyl sites for hydroxylation is 1. The van der Waals surface area contributed by atoms with Crippen LogP contribution in [0.4, 0.5) is 23.4 Å². The molecular formula is C21H18F4N4O. The van der Waals surface area contributed by atoms with Crippen molar-refractivity contribution in [3.63, 3.8) is 0 Å². The van der Waals surface area contributed by atoms with Gasteiger partial charge >= 0.3 is 6.18 Å². The van der Waals surface area contributed by atoms with Crippen molar-refractivity contribution in [2.24, 2.45) is 11.7 Å². The van der Waals surface area contributed by atoms with E-state index in [1.165, 1.54) is 12.3 Å². The van der Waals surface area contributed by atoms with Crippen molar-refractivity contribution < 1.29 is 22.4 Å². The van der Waals surface area contributed by atoms with E-state index in [0.717, 1.165) is 16.3 Å². The average molecular weight is 418 g/mol. The highest BCUT2D eigenvalue weighted by atomic mass is 19.4. The number of pyridine rings is 2. The summed E-state index contributed by atoms with van der Waals surface area (Å²) < 4.78 is 51.5. The van der Waals surface area contributed by atoms with Gasteiger partial charge < -0.3 is 11.1 Å². The molecule has 1 aromatic carbocycles. The lowest BCUT2D eigenvalue weighted by molar-refractivity contribution is -0.150. The van der Waals surface area contributed by atoms with Crippen LogP contribution >= 0.6 is 0 Å². The molecule has 0 saturated heterocycles. The Kier molecular flexibility index (Phi) is 4.93. The van der Waals surface area contributed by atoms with Crippen molar-refractivity contribution in [2.75, 3.05) is 5.32 Å². The molecule has 2 unspecified atom stereocenters. The van der Waals surface area contributed by atoms with Crippen molar-refractivity contribution >= 4 is 22.5 Å². The van der Waals surface area contributed by atoms with E-state index >= 15 is 0 Å². The van der Waals surface area contributed by atoms with E-state index in [0.29, 0.717) is 16.9 Å². The first-order valence-electron chi connectivity index (χ1n) is 9.27. The monoisotopic (exact) mass is 418 g/mol. The van der Waals surface area contributed by atoms with Crippen LogP contribution in [0.2, 0.25) is 0 Å². The lowest BCUT2D eigenvalue weighted by Crippen LogP contribution is -2.29. The molecule has 0 aliphatic heterocycles. The molecule has 1 fully saturated rings. The predicted octanol–water partition coefficient (Wildman–Crippen LogP) is 4.46. The number of carbonyl (C=O) groups excluding carboxylic acids is 1. The second-order valence-electron chi connectivity index (χ2n) is 7.42. The molecule has 0 spiro atoms. The molecule has 3 aromatic rings. The van der Waals surface area contributed by atoms with Crippen LogP contribution in [0.25, 0.3) is 21.9 Å². The van der Waals surface area contributed by atoms with Crippen LogP contribution in [0, 0.1) is 12.8 Å². The summed E-state index contributed by atoms with van der Waals surface area (Å²) in [5, 5.41) is 4.18. The van der Waals surface area contributed by atoms with Gasteiger partial charge in [-0.25, -0.2) is 9.37 Å². The Balaban J connectivity index is 1.59. The Bertz CT molecular complexity index is 1130. The van der Waals surface area contributed by atoms with Crippen LogP contribution in [-0.2, 0) is 4.79 Å². The van der Waals surface area contributed by atoms with E-state index in [-0.39, 0.29) is 18.0 Å². The van der Waals surface area contributed by atoms with Crippen molar-refractivity contribution in [3.05, 3.63) is 54.0 Å². The maximum absolute atomic E-state index is 13.0. The number of fused-ring (bicyclic) bond motifs is 1. The van der Waals surface area contributed by atoms with Gasteiger partial charge in [0.25, 0.3) is 0 Å². The van der Waals surface area contributed by atoms with Crippen LogP contribution in [0.3, 0.4) is 0 Å². The zero-order valence-electron chi connectivity index (χ0n) is 15.9. The lowest BCUT2D eigenvalue weighted by Gasteiger charge is -2.16. The largest absolute Gasteiger partial charge is 0.409 e. The van der Waals surface area contributed by atoms with E-state index in [1.54, 1.807) is 25.3 Å². The molecule has 5 nitrogen and oxygen atoms in total. The number of nitrogens with two attached hydrogens (primary N) is 1. The number of anilines is 1. The molecule has 4 rings (SSSR count). The fraction of sp³-hybridized carbons (Fsp3) is 0.286. The summed E-state index contributed by atoms with van der Waals surface area (Å²) in [4.78, 5) is 19.9. The van der Waals surface area contributed by atoms with Crippen LogP contribution in [-0.4, -0.2) is 28.2 Å². The van der Waals surface area contributed by atoms with Gasteiger partial charge in [0, 0.05) is 23.3 Å². The molecule has 3 N–H and O–H groups in total. The van der Waals surface area contributed by atoms with Crippen LogP contribution in [0.1, 0.15) is 23.7 Å². The highest BCUT2D eigenvalue weighted by molar-refractivity contribution is 5.96. The number of rotatable bonds is 4. The van der Waals surface area contributed by atoms with Crippen LogP contribution in [0.15, 0.2) is 42.7 Å². The van der Waals surface area contributed by atoms with E-state index in [1.807, 2.05) is 12.1 Å². The molecule has 2 aromatic heterocycles. The zero-order valence-corrected chi connectivity index (χ0v) is 15.9. The second-order valence-corrected chi connectivity index (χ2v) is 7.42. The molecule has 1 amide bonds. The predicted molar refractivity (Wildman–Crippen MR) is 104 cm³/mol. The van der Waals surface area contributed by atoms with Crippen LogP contribution in [0.5, 0.6) is 0 Å². The number of hydrogen-bond acceptors (Lipinski definition) is 4. The summed E-state index contributed by atoms with van der Waals surface area (Å²) >= 11 is 0. The highest BCUT2D eigenvalue weighted by Crippen LogP contribution is 2.35. The summed E-state index contributed by atoms with van der Waals surface area (Å²) in [7, 11) is 0. The lowest BCUT2D eigenvalue weighted by atomic mass is 9.99. The number of carbonyl (C=O) groups is 1. The number of amides is 1. The SMILES string of the molecule is Cc1cc([C@H](N)C(F)(F)F)ncc1-c1ccc2cc(NC(=O)C3CC3F)ncc2c1. The topological polar surface area (TPSA) is 80.9 Å². The number of halogens is 4. The van der Waals surface area contributed by atoms with Gasteiger partial charge in [0.15, 0.2) is 0 Å². The standard InChI is InChI=1S/C21H18F4N4O/c1-10-4-17(19(26)21(23,24)25)27-9-15(10)12-3-2-11-6-18(28-8-13(11)5-12)29-20(30)14-7-16(14)22/h2-6,8-9,14,16,19H,7,26H2,1H3,(H,28,29,30)/t14?,16?,19-/m0/s1. The molecule has 3 atom stereocenters. The number of hydrogen-bond donors (Lipinski definition) is 2. The zero-order chi connectivity index (χ0) is 21.6. The van der Waals surface area contributed by atoms with Crippen molar-refractivity contribution in [2.45, 2.75) is 31.7 Å². The number of nitrogens with one attached hydrogen (secondary N) is 1. The van der Waals surface area contributed by atoms with Gasteiger partial charge in [-0.3, -0.25) is 9.78 Å². The fourth-order valence-electron chi connectivity index (χ4n) is 3.25. The van der Waals surface area contributed by atoms with Crippen molar-refractivity contribution in [1.29, 1.82) is 0 Å². The molecule has 1 aliphatic rings. The van der Waals surface area contributed by atoms with Gasteiger partial charge in [0.05, 0.1) is 11.6 Å². The first kappa shape index (κ1) is 20.2. The molecule has 156 valence electrons. The summed E-state index contributed by atoms with van der Waals surface area (Å²) in [6, 6.07) is 6.34. The molecule has 30 heavy (non-hydrogen) atoms. The van der Waals surface area contributed by atoms with E-state index in [2.05, 4.69) is 15.3 Å². The minimum absolute atomic E-state index is 0.238. The average Bonchev–Trinajstić information content (AvgIpc) is 3.43. The summed E-state index contributed by atoms with van der Waals surface area (Å²) in [6.45, 7) is 1.70. The minimum atomic E-state index is -4.56. The molecular weight excluding hydrogens is 400 g/mol. The fourth-order valence-corrected chi connectivity index (χ4v) is 3.25. The van der Waals surface area contributed by atoms with Gasteiger partial charge in [0.1, 0.15) is 18.0 Å². The normalized spacial score (nSPS) is 19.5. The molecule has 1 aliphatic carbocycles. The third-order valence-corrected chi connectivity index (χ3v) is 5.14. The number of benzene rings is 1. The smallest absolute Gasteiger partial charge is 0.315 e. The van der Waals surface area contributed by atoms with Gasteiger partial charge in [-0.2, -0.15) is 13.2 Å². The van der Waals surface area contributed by atoms with Gasteiger partial charge in [-0.15, -0.1) is 0 Å². The first-order valence-corrected chi connectivity index (χ1v) is 9.27. The van der Waals surface area contributed by atoms with Crippen molar-refractivity contribution in [3.8, 4) is 11.1 Å². The molecule has 2 heterocycles. The van der Waals surface area contributed by atoms with Gasteiger partial charge in [-0.1, -0.05) is 12.1 Å². The Morgan fingerprint density at radius 2 is 1.90 bits per heavy atom. The maximum atomic E-state index is 13.0. The van der Waals surface area contributed by atoms with E-state index < -0.39 is 24.3 Å². The summed E-state index contributed by atoms with van der Waals surface area (Å²) in [5.74, 6) is -0.652. The van der Waals surface area contributed by atoms with E-state index in [9.17, 15) is 22.4 Å². The molecule has 1 saturated carbocycles. The second kappa shape index (κ2) is 7.32. The minimum Gasteiger partial charge on any atom is -0.315 e. The third kappa shape index (κ3) is 3.97. The van der Waals surface area contributed by atoms with Crippen molar-refractivity contribution in [1.82, 2.24) is 9.97 Å². The van der Waals surface area contributed by atoms with Gasteiger partial charge in [0.2, 0.25) is 5.91 Å². The Morgan fingerprint density at radius 3 is 2.53 bits per heavy atom. The van der Waals surface area contributed by atoms with E-state index in [4.69, 9.17) is 5.73 Å². The molecule has 0 bridgehead atoms. The Morgan fingerprint density at radius 1 is 1.17 bits per heavy atom. The third-order valence-electron chi connectivity index (χ3n) is 5.14. The Labute approximate surface area is 169 Å². The first-order chi connectivity index (χ1) is 14.1. The number of aromatic nitrogens is 2. The molecule has 9 heteroatoms. The summed E-state index contributed by atoms with van der Waals surface area (Å²) in [5.41, 5.74) is 7.05. The quantitative estimate of drug-likeness (QED) is 0.613. The maximum Gasteiger partial charge on any atom is 0.409 e. The summed E-state index contributed by atoms with van der Waals surface area (Å²) in [6.07, 6.45) is -2.45. The number of alkyl halides is 4.